The number of hydrogen-bond donors (Lipinski definition) is 2. The lowest BCUT2D eigenvalue weighted by molar-refractivity contribution is -0.118. The van der Waals surface area contributed by atoms with Crippen molar-refractivity contribution in [1.82, 2.24) is 10.0 Å². The van der Waals surface area contributed by atoms with Crippen LogP contribution < -0.4 is 10.0 Å². The molecule has 2 N–H and O–H groups in total. The number of thiophene rings is 1. The average Bonchev–Trinajstić information content (AvgIpc) is 2.53. The van der Waals surface area contributed by atoms with Gasteiger partial charge in [-0.3, -0.25) is 4.79 Å². The summed E-state index contributed by atoms with van der Waals surface area (Å²) in [6, 6.07) is 1.57. The number of carbonyl (C=O) groups is 1. The molecule has 0 aliphatic heterocycles. The van der Waals surface area contributed by atoms with Crippen molar-refractivity contribution in [2.75, 3.05) is 13.1 Å². The van der Waals surface area contributed by atoms with E-state index >= 15 is 0 Å². The fraction of sp³-hybridized carbons (Fsp3) is 0.444. The molecule has 1 aromatic rings. The van der Waals surface area contributed by atoms with Gasteiger partial charge in [0.25, 0.3) is 0 Å². The van der Waals surface area contributed by atoms with E-state index in [1.165, 1.54) is 18.3 Å². The van der Waals surface area contributed by atoms with E-state index in [0.717, 1.165) is 8.66 Å². The Balaban J connectivity index is 2.63. The molecule has 0 bridgehead atoms. The van der Waals surface area contributed by atoms with Crippen molar-refractivity contribution in [1.29, 1.82) is 0 Å². The van der Waals surface area contributed by atoms with Crippen LogP contribution in [0.15, 0.2) is 14.7 Å². The highest BCUT2D eigenvalue weighted by atomic mass is 79.9. The number of hydrogen-bond acceptors (Lipinski definition) is 4. The fourth-order valence-corrected chi connectivity index (χ4v) is 4.64. The molecule has 1 rings (SSSR count). The highest BCUT2D eigenvalue weighted by Gasteiger charge is 2.18. The summed E-state index contributed by atoms with van der Waals surface area (Å²) >= 11 is 4.61. The molecule has 5 nitrogen and oxygen atoms in total. The van der Waals surface area contributed by atoms with Gasteiger partial charge in [-0.15, -0.1) is 11.3 Å². The quantitative estimate of drug-likeness (QED) is 0.791. The van der Waals surface area contributed by atoms with Gasteiger partial charge in [-0.25, -0.2) is 13.1 Å². The van der Waals surface area contributed by atoms with Gasteiger partial charge in [0, 0.05) is 24.9 Å². The Morgan fingerprint density at radius 3 is 2.59 bits per heavy atom. The van der Waals surface area contributed by atoms with Crippen LogP contribution in [0.3, 0.4) is 0 Å². The van der Waals surface area contributed by atoms with Crippen LogP contribution in [0, 0.1) is 6.92 Å². The number of sulfonamides is 1. The minimum atomic E-state index is -3.49. The van der Waals surface area contributed by atoms with Crippen LogP contribution in [0.1, 0.15) is 11.8 Å². The van der Waals surface area contributed by atoms with Gasteiger partial charge in [0.05, 0.1) is 8.68 Å². The molecule has 0 saturated heterocycles. The molecule has 1 heterocycles. The highest BCUT2D eigenvalue weighted by molar-refractivity contribution is 9.11. The number of carbonyl (C=O) groups excluding carboxylic acids is 1. The second kappa shape index (κ2) is 5.94. The lowest BCUT2D eigenvalue weighted by Gasteiger charge is -2.06. The second-order valence-corrected chi connectivity index (χ2v) is 7.72. The predicted molar refractivity (Wildman–Crippen MR) is 70.6 cm³/mol. The summed E-state index contributed by atoms with van der Waals surface area (Å²) in [5.41, 5.74) is 0. The van der Waals surface area contributed by atoms with Crippen LogP contribution in [-0.4, -0.2) is 27.4 Å². The monoisotopic (exact) mass is 340 g/mol. The zero-order chi connectivity index (χ0) is 13.1. The maximum absolute atomic E-state index is 11.9. The van der Waals surface area contributed by atoms with Crippen molar-refractivity contribution in [3.8, 4) is 0 Å². The lowest BCUT2D eigenvalue weighted by atomic mass is 10.5. The first-order chi connectivity index (χ1) is 7.83. The minimum Gasteiger partial charge on any atom is -0.355 e. The second-order valence-electron chi connectivity index (χ2n) is 3.35. The molecule has 96 valence electrons. The van der Waals surface area contributed by atoms with E-state index in [1.54, 1.807) is 13.0 Å². The Morgan fingerprint density at radius 2 is 2.12 bits per heavy atom. The molecule has 0 aliphatic rings. The van der Waals surface area contributed by atoms with Crippen LogP contribution in [0.25, 0.3) is 0 Å². The van der Waals surface area contributed by atoms with Crippen molar-refractivity contribution in [2.24, 2.45) is 0 Å². The van der Waals surface area contributed by atoms with Gasteiger partial charge in [0.2, 0.25) is 15.9 Å². The summed E-state index contributed by atoms with van der Waals surface area (Å²) in [5.74, 6) is -0.182. The van der Waals surface area contributed by atoms with E-state index in [-0.39, 0.29) is 23.9 Å². The Labute approximate surface area is 113 Å². The van der Waals surface area contributed by atoms with Crippen LogP contribution in [-0.2, 0) is 14.8 Å². The molecule has 1 aromatic heterocycles. The molecule has 17 heavy (non-hydrogen) atoms. The summed E-state index contributed by atoms with van der Waals surface area (Å²) in [5, 5.41) is 2.52. The average molecular weight is 341 g/mol. The molecular weight excluding hydrogens is 328 g/mol. The normalized spacial score (nSPS) is 11.5. The zero-order valence-electron chi connectivity index (χ0n) is 9.41. The molecule has 0 spiro atoms. The molecule has 0 saturated carbocycles. The van der Waals surface area contributed by atoms with E-state index in [4.69, 9.17) is 0 Å². The van der Waals surface area contributed by atoms with E-state index in [2.05, 4.69) is 26.0 Å². The zero-order valence-corrected chi connectivity index (χ0v) is 12.6. The van der Waals surface area contributed by atoms with Gasteiger partial charge < -0.3 is 5.32 Å². The Bertz CT molecular complexity index is 510. The third kappa shape index (κ3) is 4.38. The molecule has 0 radical (unpaired) electrons. The molecule has 0 aromatic carbocycles. The topological polar surface area (TPSA) is 75.3 Å². The van der Waals surface area contributed by atoms with Crippen LogP contribution in [0.5, 0.6) is 0 Å². The summed E-state index contributed by atoms with van der Waals surface area (Å²) in [6.07, 6.45) is 0. The summed E-state index contributed by atoms with van der Waals surface area (Å²) in [4.78, 5) is 11.6. The van der Waals surface area contributed by atoms with Gasteiger partial charge >= 0.3 is 0 Å². The number of halogens is 1. The Kier molecular flexibility index (Phi) is 5.11. The van der Waals surface area contributed by atoms with E-state index in [9.17, 15) is 13.2 Å². The van der Waals surface area contributed by atoms with Gasteiger partial charge in [-0.05, 0) is 28.9 Å². The SMILES string of the molecule is CC(=O)NCCNS(=O)(=O)c1cc(Br)sc1C. The Morgan fingerprint density at radius 1 is 1.47 bits per heavy atom. The molecule has 0 unspecified atom stereocenters. The van der Waals surface area contributed by atoms with E-state index in [1.807, 2.05) is 0 Å². The number of amides is 1. The van der Waals surface area contributed by atoms with Crippen LogP contribution >= 0.6 is 27.3 Å². The Hall–Kier alpha value is -0.440. The molecule has 0 fully saturated rings. The first-order valence-electron chi connectivity index (χ1n) is 4.83. The smallest absolute Gasteiger partial charge is 0.241 e. The molecule has 0 aliphatic carbocycles. The predicted octanol–water partition coefficient (Wildman–Crippen LogP) is 1.23. The summed E-state index contributed by atoms with van der Waals surface area (Å²) in [6.45, 7) is 3.58. The molecule has 0 atom stereocenters. The van der Waals surface area contributed by atoms with Gasteiger partial charge in [-0.1, -0.05) is 0 Å². The van der Waals surface area contributed by atoms with Crippen molar-refractivity contribution in [3.63, 3.8) is 0 Å². The minimum absolute atomic E-state index is 0.175. The summed E-state index contributed by atoms with van der Waals surface area (Å²) < 4.78 is 26.9. The standard InChI is InChI=1S/C9H13BrN2O3S2/c1-6-8(5-9(10)16-6)17(14,15)12-4-3-11-7(2)13/h5,12H,3-4H2,1-2H3,(H,11,13). The van der Waals surface area contributed by atoms with Crippen LogP contribution in [0.4, 0.5) is 0 Å². The molecular formula is C9H13BrN2O3S2. The first kappa shape index (κ1) is 14.6. The van der Waals surface area contributed by atoms with Crippen molar-refractivity contribution in [2.45, 2.75) is 18.7 Å². The molecule has 1 amide bonds. The van der Waals surface area contributed by atoms with Crippen molar-refractivity contribution < 1.29 is 13.2 Å². The maximum Gasteiger partial charge on any atom is 0.241 e. The third-order valence-electron chi connectivity index (χ3n) is 1.92. The lowest BCUT2D eigenvalue weighted by Crippen LogP contribution is -2.33. The van der Waals surface area contributed by atoms with Crippen LogP contribution in [0.2, 0.25) is 0 Å². The third-order valence-corrected chi connectivity index (χ3v) is 5.19. The number of aryl methyl sites for hydroxylation is 1. The van der Waals surface area contributed by atoms with Gasteiger partial charge in [0.1, 0.15) is 0 Å². The van der Waals surface area contributed by atoms with E-state index in [0.29, 0.717) is 0 Å². The van der Waals surface area contributed by atoms with Gasteiger partial charge in [-0.2, -0.15) is 0 Å². The van der Waals surface area contributed by atoms with Gasteiger partial charge in [0.15, 0.2) is 0 Å². The largest absolute Gasteiger partial charge is 0.355 e. The number of rotatable bonds is 5. The first-order valence-corrected chi connectivity index (χ1v) is 7.92. The summed E-state index contributed by atoms with van der Waals surface area (Å²) in [7, 11) is -3.49. The molecule has 8 heteroatoms. The van der Waals surface area contributed by atoms with E-state index < -0.39 is 10.0 Å². The van der Waals surface area contributed by atoms with Crippen molar-refractivity contribution in [3.05, 3.63) is 14.7 Å². The highest BCUT2D eigenvalue weighted by Crippen LogP contribution is 2.29. The fourth-order valence-electron chi connectivity index (χ4n) is 1.20. The number of nitrogens with one attached hydrogen (secondary N) is 2. The maximum atomic E-state index is 11.9. The van der Waals surface area contributed by atoms with Crippen molar-refractivity contribution >= 4 is 43.2 Å².